The van der Waals surface area contributed by atoms with Crippen molar-refractivity contribution in [2.24, 2.45) is 11.8 Å². The average Bonchev–Trinajstić information content (AvgIpc) is 2.89. The minimum Gasteiger partial charge on any atom is -0.393 e. The topological polar surface area (TPSA) is 87.4 Å². The fraction of sp³-hybridized carbons (Fsp3) is 0.733. The molecule has 2 fully saturated rings. The van der Waals surface area contributed by atoms with E-state index in [1.807, 2.05) is 0 Å². The van der Waals surface area contributed by atoms with E-state index in [1.165, 1.54) is 0 Å². The van der Waals surface area contributed by atoms with Crippen LogP contribution in [0.2, 0.25) is 0 Å². The number of nitrogens with zero attached hydrogens (tertiary/aromatic N) is 1. The van der Waals surface area contributed by atoms with Gasteiger partial charge in [0.25, 0.3) is 5.91 Å². The number of carbonyl (C=O) groups is 1. The number of hydrogen-bond acceptors (Lipinski definition) is 5. The van der Waals surface area contributed by atoms with Gasteiger partial charge in [-0.2, -0.15) is 0 Å². The number of rotatable bonds is 4. The molecule has 6 heteroatoms. The van der Waals surface area contributed by atoms with Crippen LogP contribution in [0.4, 0.5) is 0 Å². The van der Waals surface area contributed by atoms with E-state index in [4.69, 9.17) is 4.52 Å². The number of amides is 1. The van der Waals surface area contributed by atoms with E-state index in [1.54, 1.807) is 13.0 Å². The summed E-state index contributed by atoms with van der Waals surface area (Å²) < 4.78 is 5.04. The molecule has 1 saturated carbocycles. The highest BCUT2D eigenvalue weighted by Gasteiger charge is 2.39. The van der Waals surface area contributed by atoms with E-state index >= 15 is 0 Å². The third kappa shape index (κ3) is 3.27. The van der Waals surface area contributed by atoms with Crippen molar-refractivity contribution in [2.75, 3.05) is 13.1 Å². The fourth-order valence-corrected chi connectivity index (χ4v) is 3.44. The first-order valence-corrected chi connectivity index (χ1v) is 7.76. The molecule has 2 heterocycles. The van der Waals surface area contributed by atoms with E-state index in [0.29, 0.717) is 17.5 Å². The van der Waals surface area contributed by atoms with Gasteiger partial charge in [-0.15, -0.1) is 0 Å². The second-order valence-corrected chi connectivity index (χ2v) is 6.30. The van der Waals surface area contributed by atoms with Gasteiger partial charge >= 0.3 is 0 Å². The maximum absolute atomic E-state index is 12.3. The molecule has 3 N–H and O–H groups in total. The predicted octanol–water partition coefficient (Wildman–Crippen LogP) is 0.852. The van der Waals surface area contributed by atoms with Crippen LogP contribution in [0.5, 0.6) is 0 Å². The molecule has 1 aromatic heterocycles. The maximum Gasteiger partial charge on any atom is 0.290 e. The number of nitrogens with one attached hydrogen (secondary N) is 2. The van der Waals surface area contributed by atoms with Crippen LogP contribution in [-0.2, 0) is 0 Å². The number of carbonyl (C=O) groups excluding carboxylic acids is 1. The third-order valence-corrected chi connectivity index (χ3v) is 4.70. The van der Waals surface area contributed by atoms with Crippen molar-refractivity contribution in [3.8, 4) is 0 Å². The molecule has 1 amide bonds. The van der Waals surface area contributed by atoms with Crippen molar-refractivity contribution in [1.29, 1.82) is 0 Å². The Labute approximate surface area is 124 Å². The molecular formula is C15H23N3O3. The first-order chi connectivity index (χ1) is 10.1. The van der Waals surface area contributed by atoms with Crippen LogP contribution in [0.25, 0.3) is 0 Å². The molecule has 0 radical (unpaired) electrons. The van der Waals surface area contributed by atoms with E-state index in [9.17, 15) is 9.90 Å². The Morgan fingerprint density at radius 2 is 2.14 bits per heavy atom. The third-order valence-electron chi connectivity index (χ3n) is 4.70. The van der Waals surface area contributed by atoms with Gasteiger partial charge in [-0.05, 0) is 57.5 Å². The standard InChI is InChI=1S/C15H23N3O3/c1-9-6-13(21-18-9)15(20)17-14(11-7-12(19)8-11)10-2-4-16-5-3-10/h6,10-12,14,16,19H,2-5,7-8H2,1H3,(H,17,20)/t11?,12?,14-/m1/s1. The van der Waals surface area contributed by atoms with E-state index < -0.39 is 0 Å². The summed E-state index contributed by atoms with van der Waals surface area (Å²) in [6.07, 6.45) is 3.48. The van der Waals surface area contributed by atoms with Crippen LogP contribution >= 0.6 is 0 Å². The second kappa shape index (κ2) is 6.15. The highest BCUT2D eigenvalue weighted by atomic mass is 16.5. The Morgan fingerprint density at radius 3 is 2.71 bits per heavy atom. The average molecular weight is 293 g/mol. The Kier molecular flexibility index (Phi) is 4.26. The van der Waals surface area contributed by atoms with Crippen molar-refractivity contribution >= 4 is 5.91 Å². The van der Waals surface area contributed by atoms with Gasteiger partial charge in [0.05, 0.1) is 11.8 Å². The molecule has 0 spiro atoms. The van der Waals surface area contributed by atoms with Crippen LogP contribution in [-0.4, -0.2) is 41.4 Å². The summed E-state index contributed by atoms with van der Waals surface area (Å²) in [5.74, 6) is 0.916. The molecule has 0 bridgehead atoms. The highest BCUT2D eigenvalue weighted by Crippen LogP contribution is 2.35. The molecule has 1 aliphatic heterocycles. The largest absolute Gasteiger partial charge is 0.393 e. The van der Waals surface area contributed by atoms with Gasteiger partial charge in [-0.1, -0.05) is 5.16 Å². The van der Waals surface area contributed by atoms with Gasteiger partial charge in [-0.25, -0.2) is 0 Å². The summed E-state index contributed by atoms with van der Waals surface area (Å²) in [4.78, 5) is 12.3. The lowest BCUT2D eigenvalue weighted by Gasteiger charge is -2.42. The predicted molar refractivity (Wildman–Crippen MR) is 76.8 cm³/mol. The molecule has 0 aromatic carbocycles. The molecule has 3 rings (SSSR count). The zero-order valence-electron chi connectivity index (χ0n) is 12.3. The highest BCUT2D eigenvalue weighted by molar-refractivity contribution is 5.91. The smallest absolute Gasteiger partial charge is 0.290 e. The van der Waals surface area contributed by atoms with Crippen molar-refractivity contribution in [2.45, 2.75) is 44.8 Å². The lowest BCUT2D eigenvalue weighted by atomic mass is 9.71. The zero-order chi connectivity index (χ0) is 14.8. The molecule has 1 saturated heterocycles. The number of aromatic nitrogens is 1. The number of aliphatic hydroxyl groups excluding tert-OH is 1. The molecule has 2 aliphatic rings. The van der Waals surface area contributed by atoms with E-state index in [-0.39, 0.29) is 23.8 Å². The first kappa shape index (κ1) is 14.5. The van der Waals surface area contributed by atoms with Gasteiger partial charge in [-0.3, -0.25) is 4.79 Å². The van der Waals surface area contributed by atoms with Crippen LogP contribution in [0.15, 0.2) is 10.6 Å². The zero-order valence-corrected chi connectivity index (χ0v) is 12.3. The van der Waals surface area contributed by atoms with Gasteiger partial charge in [0.1, 0.15) is 0 Å². The Morgan fingerprint density at radius 1 is 1.43 bits per heavy atom. The normalized spacial score (nSPS) is 27.9. The maximum atomic E-state index is 12.3. The molecule has 21 heavy (non-hydrogen) atoms. The van der Waals surface area contributed by atoms with Crippen LogP contribution in [0, 0.1) is 18.8 Å². The first-order valence-electron chi connectivity index (χ1n) is 7.76. The summed E-state index contributed by atoms with van der Waals surface area (Å²) in [6.45, 7) is 3.79. The van der Waals surface area contributed by atoms with Crippen LogP contribution in [0.1, 0.15) is 41.9 Å². The van der Waals surface area contributed by atoms with Crippen LogP contribution < -0.4 is 10.6 Å². The summed E-state index contributed by atoms with van der Waals surface area (Å²) in [5.41, 5.74) is 0.706. The summed E-state index contributed by atoms with van der Waals surface area (Å²) in [7, 11) is 0. The molecule has 116 valence electrons. The molecule has 1 aromatic rings. The van der Waals surface area contributed by atoms with Gasteiger partial charge in [0, 0.05) is 12.1 Å². The Bertz CT molecular complexity index is 490. The minimum absolute atomic E-state index is 0.119. The van der Waals surface area contributed by atoms with Gasteiger partial charge in [0.2, 0.25) is 5.76 Å². The van der Waals surface area contributed by atoms with E-state index in [0.717, 1.165) is 38.8 Å². The number of aliphatic hydroxyl groups is 1. The van der Waals surface area contributed by atoms with Crippen molar-refractivity contribution in [3.05, 3.63) is 17.5 Å². The van der Waals surface area contributed by atoms with E-state index in [2.05, 4.69) is 15.8 Å². The van der Waals surface area contributed by atoms with Crippen molar-refractivity contribution < 1.29 is 14.4 Å². The van der Waals surface area contributed by atoms with Gasteiger partial charge in [0.15, 0.2) is 0 Å². The summed E-state index contributed by atoms with van der Waals surface area (Å²) in [5, 5.41) is 19.8. The number of piperidine rings is 1. The molecule has 0 unspecified atom stereocenters. The lowest BCUT2D eigenvalue weighted by Crippen LogP contribution is -2.52. The number of hydrogen-bond donors (Lipinski definition) is 3. The lowest BCUT2D eigenvalue weighted by molar-refractivity contribution is 0.00881. The molecular weight excluding hydrogens is 270 g/mol. The quantitative estimate of drug-likeness (QED) is 0.766. The molecule has 1 atom stereocenters. The summed E-state index contributed by atoms with van der Waals surface area (Å²) >= 11 is 0. The second-order valence-electron chi connectivity index (χ2n) is 6.30. The monoisotopic (exact) mass is 293 g/mol. The molecule has 1 aliphatic carbocycles. The SMILES string of the molecule is Cc1cc(C(=O)N[C@H](C2CCNCC2)C2CC(O)C2)on1. The number of aryl methyl sites for hydroxylation is 1. The summed E-state index contributed by atoms with van der Waals surface area (Å²) in [6, 6.07) is 1.78. The Balaban J connectivity index is 1.67. The van der Waals surface area contributed by atoms with Gasteiger partial charge < -0.3 is 20.3 Å². The van der Waals surface area contributed by atoms with Crippen molar-refractivity contribution in [1.82, 2.24) is 15.8 Å². The fourth-order valence-electron chi connectivity index (χ4n) is 3.44. The van der Waals surface area contributed by atoms with Crippen LogP contribution in [0.3, 0.4) is 0 Å². The Hall–Kier alpha value is -1.40. The minimum atomic E-state index is -0.205. The molecule has 6 nitrogen and oxygen atoms in total. The van der Waals surface area contributed by atoms with Crippen molar-refractivity contribution in [3.63, 3.8) is 0 Å².